The number of Topliss-reactive ketones (excluding diaryl/α,β-unsaturated/α-hetero) is 1. The van der Waals surface area contributed by atoms with Crippen LogP contribution in [0.1, 0.15) is 66.2 Å². The molecule has 0 heterocycles. The predicted octanol–water partition coefficient (Wildman–Crippen LogP) is 2.94. The van der Waals surface area contributed by atoms with Crippen molar-refractivity contribution in [3.8, 4) is 0 Å². The Balaban J connectivity index is 2.05. The second kappa shape index (κ2) is 6.81. The van der Waals surface area contributed by atoms with Crippen LogP contribution in [0.4, 0.5) is 0 Å². The molecule has 2 aliphatic rings. The molecule has 2 aliphatic carbocycles. The Hall–Kier alpha value is -0.450. The van der Waals surface area contributed by atoms with E-state index in [1.807, 2.05) is 7.11 Å². The predicted molar refractivity (Wildman–Crippen MR) is 90.1 cm³/mol. The summed E-state index contributed by atoms with van der Waals surface area (Å²) in [5.41, 5.74) is -1.22. The minimum Gasteiger partial charge on any atom is -0.385 e. The van der Waals surface area contributed by atoms with Crippen LogP contribution >= 0.6 is 0 Å². The van der Waals surface area contributed by atoms with E-state index in [4.69, 9.17) is 4.74 Å². The van der Waals surface area contributed by atoms with Crippen molar-refractivity contribution in [2.75, 3.05) is 7.11 Å². The van der Waals surface area contributed by atoms with Gasteiger partial charge in [-0.1, -0.05) is 20.3 Å². The normalized spacial score (nSPS) is 37.3. The van der Waals surface area contributed by atoms with E-state index in [1.165, 1.54) is 33.1 Å². The van der Waals surface area contributed by atoms with Crippen LogP contribution in [0, 0.1) is 23.2 Å². The average Bonchev–Trinajstić information content (AvgIpc) is 2.82. The molecule has 2 fully saturated rings. The van der Waals surface area contributed by atoms with Crippen LogP contribution in [0.15, 0.2) is 0 Å². The molecule has 0 aromatic rings. The highest BCUT2D eigenvalue weighted by molar-refractivity contribution is 5.89. The maximum atomic E-state index is 12.1. The first-order valence-electron chi connectivity index (χ1n) is 9.08. The van der Waals surface area contributed by atoms with E-state index < -0.39 is 17.5 Å². The molecule has 134 valence electrons. The molecule has 2 saturated carbocycles. The van der Waals surface area contributed by atoms with Gasteiger partial charge in [0.05, 0.1) is 6.10 Å². The Morgan fingerprint density at radius 1 is 1.35 bits per heavy atom. The fourth-order valence-corrected chi connectivity index (χ4v) is 5.41. The first-order chi connectivity index (χ1) is 10.6. The van der Waals surface area contributed by atoms with Crippen molar-refractivity contribution in [1.82, 2.24) is 0 Å². The number of fused-ring (bicyclic) bond motifs is 1. The molecular weight excluding hydrogens is 292 g/mol. The lowest BCUT2D eigenvalue weighted by Gasteiger charge is -2.46. The van der Waals surface area contributed by atoms with Gasteiger partial charge in [0.25, 0.3) is 0 Å². The van der Waals surface area contributed by atoms with Gasteiger partial charge in [0, 0.05) is 7.11 Å². The molecule has 0 radical (unpaired) electrons. The van der Waals surface area contributed by atoms with Crippen LogP contribution < -0.4 is 0 Å². The highest BCUT2D eigenvalue weighted by Gasteiger charge is 2.53. The molecule has 23 heavy (non-hydrogen) atoms. The summed E-state index contributed by atoms with van der Waals surface area (Å²) in [7, 11) is 1.82. The molecular formula is C19H34O4. The van der Waals surface area contributed by atoms with Crippen molar-refractivity contribution in [3.63, 3.8) is 0 Å². The van der Waals surface area contributed by atoms with E-state index >= 15 is 0 Å². The molecule has 2 rings (SSSR count). The number of methoxy groups -OCH3 is 1. The third-order valence-corrected chi connectivity index (χ3v) is 6.63. The van der Waals surface area contributed by atoms with E-state index in [0.29, 0.717) is 24.4 Å². The first kappa shape index (κ1) is 18.9. The lowest BCUT2D eigenvalue weighted by atomic mass is 9.61. The lowest BCUT2D eigenvalue weighted by Crippen LogP contribution is -2.44. The van der Waals surface area contributed by atoms with E-state index in [9.17, 15) is 15.0 Å². The average molecular weight is 326 g/mol. The van der Waals surface area contributed by atoms with Gasteiger partial charge in [0.15, 0.2) is 5.78 Å². The van der Waals surface area contributed by atoms with Gasteiger partial charge >= 0.3 is 0 Å². The summed E-state index contributed by atoms with van der Waals surface area (Å²) < 4.78 is 5.73. The minimum atomic E-state index is -1.47. The van der Waals surface area contributed by atoms with Crippen molar-refractivity contribution in [2.45, 2.75) is 84.0 Å². The van der Waals surface area contributed by atoms with Crippen LogP contribution in [-0.4, -0.2) is 40.9 Å². The van der Waals surface area contributed by atoms with Crippen molar-refractivity contribution in [1.29, 1.82) is 0 Å². The number of aliphatic hydroxyl groups is 2. The molecule has 4 heteroatoms. The molecule has 0 amide bonds. The number of hydrogen-bond donors (Lipinski definition) is 2. The molecule has 0 saturated heterocycles. The third-order valence-electron chi connectivity index (χ3n) is 6.63. The zero-order valence-electron chi connectivity index (χ0n) is 15.3. The summed E-state index contributed by atoms with van der Waals surface area (Å²) >= 11 is 0. The van der Waals surface area contributed by atoms with Crippen LogP contribution in [-0.2, 0) is 9.53 Å². The second-order valence-electron chi connectivity index (χ2n) is 8.61. The van der Waals surface area contributed by atoms with Gasteiger partial charge in [0.1, 0.15) is 11.7 Å². The largest absolute Gasteiger partial charge is 0.385 e. The molecule has 5 unspecified atom stereocenters. The van der Waals surface area contributed by atoms with Crippen molar-refractivity contribution < 1.29 is 19.7 Å². The first-order valence-corrected chi connectivity index (χ1v) is 9.08. The van der Waals surface area contributed by atoms with Crippen molar-refractivity contribution in [3.05, 3.63) is 0 Å². The zero-order valence-corrected chi connectivity index (χ0v) is 15.3. The van der Waals surface area contributed by atoms with E-state index in [2.05, 4.69) is 13.8 Å². The van der Waals surface area contributed by atoms with Crippen LogP contribution in [0.5, 0.6) is 0 Å². The fourth-order valence-electron chi connectivity index (χ4n) is 5.41. The van der Waals surface area contributed by atoms with Gasteiger partial charge in [-0.15, -0.1) is 0 Å². The summed E-state index contributed by atoms with van der Waals surface area (Å²) in [6.45, 7) is 7.41. The zero-order chi connectivity index (χ0) is 17.4. The Kier molecular flexibility index (Phi) is 5.59. The lowest BCUT2D eigenvalue weighted by molar-refractivity contribution is -0.144. The highest BCUT2D eigenvalue weighted by atomic mass is 16.5. The molecule has 4 nitrogen and oxygen atoms in total. The van der Waals surface area contributed by atoms with Gasteiger partial charge in [-0.2, -0.15) is 0 Å². The monoisotopic (exact) mass is 326 g/mol. The van der Waals surface area contributed by atoms with Crippen LogP contribution in [0.2, 0.25) is 0 Å². The highest BCUT2D eigenvalue weighted by Crippen LogP contribution is 2.58. The Morgan fingerprint density at radius 2 is 2.00 bits per heavy atom. The van der Waals surface area contributed by atoms with Crippen LogP contribution in [0.3, 0.4) is 0 Å². The van der Waals surface area contributed by atoms with Crippen molar-refractivity contribution >= 4 is 5.78 Å². The molecule has 0 aromatic heterocycles. The SMILES string of the molecule is COC1CCC[C@]2(C)C(C(C)CC(O)C(=O)C(C)(C)O)CCC12. The number of ketones is 1. The number of carbonyl (C=O) groups excluding carboxylic acids is 1. The van der Waals surface area contributed by atoms with Gasteiger partial charge in [0.2, 0.25) is 0 Å². The van der Waals surface area contributed by atoms with E-state index in [-0.39, 0.29) is 11.3 Å². The van der Waals surface area contributed by atoms with Gasteiger partial charge in [-0.3, -0.25) is 4.79 Å². The summed E-state index contributed by atoms with van der Waals surface area (Å²) in [6.07, 6.45) is 5.60. The maximum absolute atomic E-state index is 12.1. The number of carbonyl (C=O) groups is 1. The summed E-state index contributed by atoms with van der Waals surface area (Å²) in [5, 5.41) is 20.0. The van der Waals surface area contributed by atoms with Crippen LogP contribution in [0.25, 0.3) is 0 Å². The summed E-state index contributed by atoms with van der Waals surface area (Å²) in [6, 6.07) is 0. The number of ether oxygens (including phenoxy) is 1. The topological polar surface area (TPSA) is 66.8 Å². The molecule has 6 atom stereocenters. The number of rotatable bonds is 6. The Morgan fingerprint density at radius 3 is 2.57 bits per heavy atom. The van der Waals surface area contributed by atoms with E-state index in [1.54, 1.807) is 0 Å². The third kappa shape index (κ3) is 3.64. The molecule has 0 aliphatic heterocycles. The Bertz CT molecular complexity index is 428. The standard InChI is InChI=1S/C19H34O4/c1-12(11-15(20)17(21)18(2,3)22)13-8-9-14-16(23-5)7-6-10-19(13,14)4/h12-16,20,22H,6-11H2,1-5H3/t12?,13?,14?,15?,16?,19-/m1/s1. The molecule has 0 aromatic carbocycles. The smallest absolute Gasteiger partial charge is 0.192 e. The van der Waals surface area contributed by atoms with Gasteiger partial charge < -0.3 is 14.9 Å². The van der Waals surface area contributed by atoms with E-state index in [0.717, 1.165) is 12.8 Å². The second-order valence-corrected chi connectivity index (χ2v) is 8.61. The fraction of sp³-hybridized carbons (Fsp3) is 0.947. The summed E-state index contributed by atoms with van der Waals surface area (Å²) in [4.78, 5) is 12.1. The van der Waals surface area contributed by atoms with Gasteiger partial charge in [-0.25, -0.2) is 0 Å². The minimum absolute atomic E-state index is 0.246. The Labute approximate surface area is 140 Å². The number of hydrogen-bond acceptors (Lipinski definition) is 4. The molecule has 0 bridgehead atoms. The number of aliphatic hydroxyl groups excluding tert-OH is 1. The molecule has 2 N–H and O–H groups in total. The molecule has 0 spiro atoms. The quantitative estimate of drug-likeness (QED) is 0.787. The van der Waals surface area contributed by atoms with Crippen molar-refractivity contribution in [2.24, 2.45) is 23.2 Å². The summed E-state index contributed by atoms with van der Waals surface area (Å²) in [5.74, 6) is 0.898. The maximum Gasteiger partial charge on any atom is 0.192 e. The van der Waals surface area contributed by atoms with Gasteiger partial charge in [-0.05, 0) is 69.1 Å².